The lowest BCUT2D eigenvalue weighted by Crippen LogP contribution is -2.47. The molecule has 2 rings (SSSR count). The lowest BCUT2D eigenvalue weighted by Gasteiger charge is -2.23. The number of guanidine groups is 1. The van der Waals surface area contributed by atoms with Gasteiger partial charge in [0.25, 0.3) is 0 Å². The Morgan fingerprint density at radius 2 is 2.40 bits per heavy atom. The molecule has 0 amide bonds. The minimum absolute atomic E-state index is 0.551. The number of aryl methyl sites for hydroxylation is 1. The number of thioether (sulfide) groups is 1. The van der Waals surface area contributed by atoms with Crippen LogP contribution in [0.25, 0.3) is 0 Å². The molecule has 1 aromatic rings. The first-order valence-corrected chi connectivity index (χ1v) is 8.80. The van der Waals surface area contributed by atoms with Crippen LogP contribution >= 0.6 is 23.1 Å². The topological polar surface area (TPSA) is 69.5 Å². The predicted octanol–water partition coefficient (Wildman–Crippen LogP) is 1.03. The van der Waals surface area contributed by atoms with Crippen molar-refractivity contribution in [3.8, 4) is 0 Å². The van der Waals surface area contributed by atoms with Crippen molar-refractivity contribution in [1.29, 1.82) is 0 Å². The highest BCUT2D eigenvalue weighted by Crippen LogP contribution is 2.26. The van der Waals surface area contributed by atoms with Gasteiger partial charge in [0, 0.05) is 37.7 Å². The Bertz CT molecular complexity index is 455. The molecule has 1 atom stereocenters. The van der Waals surface area contributed by atoms with Crippen LogP contribution in [-0.2, 0) is 6.42 Å². The van der Waals surface area contributed by atoms with Crippen molar-refractivity contribution < 1.29 is 5.11 Å². The summed E-state index contributed by atoms with van der Waals surface area (Å²) in [6.07, 6.45) is 1.73. The first-order chi connectivity index (χ1) is 9.61. The van der Waals surface area contributed by atoms with Crippen molar-refractivity contribution >= 4 is 29.1 Å². The maximum Gasteiger partial charge on any atom is 0.191 e. The zero-order chi connectivity index (χ0) is 14.4. The van der Waals surface area contributed by atoms with Crippen LogP contribution in [0.15, 0.2) is 10.4 Å². The Kier molecular flexibility index (Phi) is 5.68. The van der Waals surface area contributed by atoms with Crippen LogP contribution in [0.5, 0.6) is 0 Å². The molecule has 20 heavy (non-hydrogen) atoms. The fourth-order valence-corrected chi connectivity index (χ4v) is 3.98. The van der Waals surface area contributed by atoms with Gasteiger partial charge in [0.05, 0.1) is 16.3 Å². The lowest BCUT2D eigenvalue weighted by atomic mass is 10.0. The van der Waals surface area contributed by atoms with Crippen molar-refractivity contribution in [2.45, 2.75) is 25.4 Å². The molecular weight excluding hydrogens is 292 g/mol. The van der Waals surface area contributed by atoms with Gasteiger partial charge in [-0.1, -0.05) is 0 Å². The third kappa shape index (κ3) is 4.64. The summed E-state index contributed by atoms with van der Waals surface area (Å²) in [5, 5.41) is 19.9. The minimum atomic E-state index is -0.589. The fraction of sp³-hybridized carbons (Fsp3) is 0.692. The molecule has 1 saturated heterocycles. The largest absolute Gasteiger partial charge is 0.387 e. The lowest BCUT2D eigenvalue weighted by molar-refractivity contribution is 0.0724. The van der Waals surface area contributed by atoms with E-state index in [-0.39, 0.29) is 0 Å². The van der Waals surface area contributed by atoms with Crippen LogP contribution in [0.2, 0.25) is 0 Å². The standard InChI is InChI=1S/C13H22N4OS2/c1-10-17-11(7-20-10)3-5-15-12(14-2)16-8-13(18)4-6-19-9-13/h7,18H,3-6,8-9H2,1-2H3,(H2,14,15,16). The van der Waals surface area contributed by atoms with Gasteiger partial charge in [-0.25, -0.2) is 4.98 Å². The SMILES string of the molecule is CN=C(NCCc1csc(C)n1)NCC1(O)CCSC1. The third-order valence-corrected chi connectivity index (χ3v) is 5.29. The molecular formula is C13H22N4OS2. The summed E-state index contributed by atoms with van der Waals surface area (Å²) in [7, 11) is 1.75. The first-order valence-electron chi connectivity index (χ1n) is 6.77. The van der Waals surface area contributed by atoms with Crippen LogP contribution in [0.3, 0.4) is 0 Å². The Labute approximate surface area is 128 Å². The quantitative estimate of drug-likeness (QED) is 0.559. The second kappa shape index (κ2) is 7.28. The number of aliphatic hydroxyl groups is 1. The summed E-state index contributed by atoms with van der Waals surface area (Å²) in [6, 6.07) is 0. The first kappa shape index (κ1) is 15.6. The molecule has 0 bridgehead atoms. The molecule has 1 fully saturated rings. The average Bonchev–Trinajstić information content (AvgIpc) is 3.03. The van der Waals surface area contributed by atoms with Gasteiger partial charge in [0.15, 0.2) is 5.96 Å². The maximum atomic E-state index is 10.3. The van der Waals surface area contributed by atoms with Crippen LogP contribution < -0.4 is 10.6 Å². The van der Waals surface area contributed by atoms with Crippen molar-refractivity contribution in [3.05, 3.63) is 16.1 Å². The van der Waals surface area contributed by atoms with E-state index in [4.69, 9.17) is 0 Å². The monoisotopic (exact) mass is 314 g/mol. The van der Waals surface area contributed by atoms with Crippen molar-refractivity contribution in [2.24, 2.45) is 4.99 Å². The highest BCUT2D eigenvalue weighted by Gasteiger charge is 2.31. The molecule has 7 heteroatoms. The molecule has 1 aliphatic rings. The minimum Gasteiger partial charge on any atom is -0.387 e. The molecule has 1 unspecified atom stereocenters. The molecule has 2 heterocycles. The van der Waals surface area contributed by atoms with Gasteiger partial charge in [0.1, 0.15) is 0 Å². The van der Waals surface area contributed by atoms with Crippen molar-refractivity contribution in [1.82, 2.24) is 15.6 Å². The summed E-state index contributed by atoms with van der Waals surface area (Å²) in [4.78, 5) is 8.60. The molecule has 3 N–H and O–H groups in total. The molecule has 5 nitrogen and oxygen atoms in total. The van der Waals surface area contributed by atoms with Gasteiger partial charge in [-0.05, 0) is 19.1 Å². The van der Waals surface area contributed by atoms with E-state index in [0.717, 1.165) is 47.6 Å². The van der Waals surface area contributed by atoms with E-state index >= 15 is 0 Å². The molecule has 1 aromatic heterocycles. The van der Waals surface area contributed by atoms with E-state index in [9.17, 15) is 5.11 Å². The van der Waals surface area contributed by atoms with Gasteiger partial charge >= 0.3 is 0 Å². The normalized spacial score (nSPS) is 23.1. The number of hydrogen-bond donors (Lipinski definition) is 3. The van der Waals surface area contributed by atoms with Crippen LogP contribution in [0.4, 0.5) is 0 Å². The number of hydrogen-bond acceptors (Lipinski definition) is 5. The van der Waals surface area contributed by atoms with E-state index in [0.29, 0.717) is 6.54 Å². The molecule has 0 aliphatic carbocycles. The third-order valence-electron chi connectivity index (χ3n) is 3.23. The van der Waals surface area contributed by atoms with Gasteiger partial charge in [0.2, 0.25) is 0 Å². The molecule has 0 spiro atoms. The van der Waals surface area contributed by atoms with E-state index in [1.54, 1.807) is 30.1 Å². The highest BCUT2D eigenvalue weighted by molar-refractivity contribution is 7.99. The van der Waals surface area contributed by atoms with E-state index < -0.39 is 5.60 Å². The second-order valence-electron chi connectivity index (χ2n) is 4.99. The number of aliphatic imine (C=N–C) groups is 1. The number of nitrogens with one attached hydrogen (secondary N) is 2. The molecule has 0 radical (unpaired) electrons. The van der Waals surface area contributed by atoms with E-state index in [1.165, 1.54) is 0 Å². The predicted molar refractivity (Wildman–Crippen MR) is 86.8 cm³/mol. The van der Waals surface area contributed by atoms with Crippen molar-refractivity contribution in [3.63, 3.8) is 0 Å². The second-order valence-corrected chi connectivity index (χ2v) is 7.15. The fourth-order valence-electron chi connectivity index (χ4n) is 2.04. The van der Waals surface area contributed by atoms with Crippen LogP contribution in [0.1, 0.15) is 17.1 Å². The Morgan fingerprint density at radius 3 is 3.00 bits per heavy atom. The molecule has 1 aliphatic heterocycles. The Balaban J connectivity index is 1.70. The summed E-state index contributed by atoms with van der Waals surface area (Å²) in [6.45, 7) is 3.36. The van der Waals surface area contributed by atoms with Gasteiger partial charge < -0.3 is 15.7 Å². The molecule has 112 valence electrons. The summed E-state index contributed by atoms with van der Waals surface area (Å²) < 4.78 is 0. The maximum absolute atomic E-state index is 10.3. The number of nitrogens with zero attached hydrogens (tertiary/aromatic N) is 2. The number of thiazole rings is 1. The summed E-state index contributed by atoms with van der Waals surface area (Å²) in [5.41, 5.74) is 0.523. The van der Waals surface area contributed by atoms with Gasteiger partial charge in [-0.2, -0.15) is 11.8 Å². The van der Waals surface area contributed by atoms with Gasteiger partial charge in [-0.3, -0.25) is 4.99 Å². The zero-order valence-corrected chi connectivity index (χ0v) is 13.6. The van der Waals surface area contributed by atoms with Crippen LogP contribution in [-0.4, -0.2) is 53.3 Å². The summed E-state index contributed by atoms with van der Waals surface area (Å²) >= 11 is 3.48. The number of rotatable bonds is 5. The highest BCUT2D eigenvalue weighted by atomic mass is 32.2. The zero-order valence-electron chi connectivity index (χ0n) is 12.0. The Morgan fingerprint density at radius 1 is 1.55 bits per heavy atom. The average molecular weight is 314 g/mol. The molecule has 0 aromatic carbocycles. The molecule has 0 saturated carbocycles. The van der Waals surface area contributed by atoms with Gasteiger partial charge in [-0.15, -0.1) is 11.3 Å². The Hall–Kier alpha value is -0.790. The smallest absolute Gasteiger partial charge is 0.191 e. The van der Waals surface area contributed by atoms with E-state index in [2.05, 4.69) is 26.0 Å². The van der Waals surface area contributed by atoms with E-state index in [1.807, 2.05) is 6.92 Å². The van der Waals surface area contributed by atoms with Crippen LogP contribution in [0, 0.1) is 6.92 Å². The number of aromatic nitrogens is 1. The summed E-state index contributed by atoms with van der Waals surface area (Å²) in [5.74, 6) is 2.57. The van der Waals surface area contributed by atoms with Crippen molar-refractivity contribution in [2.75, 3.05) is 31.6 Å².